The molecule has 1 unspecified atom stereocenters. The topological polar surface area (TPSA) is 53.2 Å². The maximum Gasteiger partial charge on any atom is 0.182 e. The smallest absolute Gasteiger partial charge is 0.182 e. The van der Waals surface area contributed by atoms with Crippen LogP contribution in [-0.2, 0) is 0 Å². The van der Waals surface area contributed by atoms with Gasteiger partial charge in [0.05, 0.1) is 11.1 Å². The number of Topliss-reactive ketones (excluding diaryl/α,β-unsaturated/α-hetero) is 1. The number of nitrogens with one attached hydrogen (secondary N) is 3. The van der Waals surface area contributed by atoms with Crippen LogP contribution in [0.3, 0.4) is 0 Å². The van der Waals surface area contributed by atoms with Crippen molar-refractivity contribution in [1.29, 1.82) is 0 Å². The molecule has 0 radical (unpaired) electrons. The molecule has 80 valence electrons. The van der Waals surface area contributed by atoms with Crippen LogP contribution in [0.1, 0.15) is 10.4 Å². The van der Waals surface area contributed by atoms with Crippen LogP contribution in [0.15, 0.2) is 18.2 Å². The van der Waals surface area contributed by atoms with Gasteiger partial charge in [-0.3, -0.25) is 4.79 Å². The van der Waals surface area contributed by atoms with Crippen molar-refractivity contribution in [3.63, 3.8) is 0 Å². The summed E-state index contributed by atoms with van der Waals surface area (Å²) >= 11 is 5.59. The van der Waals surface area contributed by atoms with E-state index in [0.29, 0.717) is 12.1 Å². The number of carbonyl (C=O) groups excluding carboxylic acids is 1. The van der Waals surface area contributed by atoms with Crippen LogP contribution in [0, 0.1) is 5.82 Å². The largest absolute Gasteiger partial charge is 0.292 e. The van der Waals surface area contributed by atoms with Gasteiger partial charge in [0.2, 0.25) is 0 Å². The van der Waals surface area contributed by atoms with E-state index in [1.807, 2.05) is 0 Å². The van der Waals surface area contributed by atoms with Gasteiger partial charge in [0, 0.05) is 12.1 Å². The molecule has 1 aromatic carbocycles. The highest BCUT2D eigenvalue weighted by atomic mass is 35.5. The fourth-order valence-corrected chi connectivity index (χ4v) is 1.53. The monoisotopic (exact) mass is 229 g/mol. The van der Waals surface area contributed by atoms with E-state index in [1.54, 1.807) is 0 Å². The van der Waals surface area contributed by atoms with Crippen molar-refractivity contribution in [2.24, 2.45) is 0 Å². The molecule has 1 heterocycles. The zero-order valence-corrected chi connectivity index (χ0v) is 8.44. The first kappa shape index (κ1) is 10.5. The molecule has 1 fully saturated rings. The Morgan fingerprint density at radius 1 is 1.53 bits per heavy atom. The number of hydrogen-bond donors (Lipinski definition) is 3. The average Bonchev–Trinajstić information content (AvgIpc) is 2.74. The Morgan fingerprint density at radius 3 is 2.93 bits per heavy atom. The molecule has 1 aliphatic rings. The Kier molecular flexibility index (Phi) is 2.97. The van der Waals surface area contributed by atoms with Crippen molar-refractivity contribution >= 4 is 17.4 Å². The Hall–Kier alpha value is -1.01. The number of carbonyl (C=O) groups is 1. The number of hydrazine groups is 2. The van der Waals surface area contributed by atoms with Gasteiger partial charge in [-0.25, -0.2) is 15.2 Å². The van der Waals surface area contributed by atoms with E-state index < -0.39 is 5.82 Å². The molecule has 0 amide bonds. The minimum Gasteiger partial charge on any atom is -0.292 e. The van der Waals surface area contributed by atoms with Crippen molar-refractivity contribution in [2.75, 3.05) is 6.54 Å². The second kappa shape index (κ2) is 4.24. The molecule has 1 aliphatic heterocycles. The third-order valence-corrected chi connectivity index (χ3v) is 2.45. The lowest BCUT2D eigenvalue weighted by atomic mass is 10.1. The predicted octanol–water partition coefficient (Wildman–Crippen LogP) is 0.643. The molecular weight excluding hydrogens is 221 g/mol. The Labute approximate surface area is 90.7 Å². The van der Waals surface area contributed by atoms with E-state index in [4.69, 9.17) is 11.6 Å². The standard InChI is InChI=1S/C9H9ClFN3O/c10-6-3-5(1-2-7(6)11)9(15)8-4-12-14-13-8/h1-3,8,12-14H,4H2. The Morgan fingerprint density at radius 2 is 2.33 bits per heavy atom. The van der Waals surface area contributed by atoms with E-state index in [0.717, 1.165) is 0 Å². The third-order valence-electron chi connectivity index (χ3n) is 2.16. The summed E-state index contributed by atoms with van der Waals surface area (Å²) in [6, 6.07) is 3.58. The summed E-state index contributed by atoms with van der Waals surface area (Å²) in [6.45, 7) is 0.480. The highest BCUT2D eigenvalue weighted by Gasteiger charge is 2.23. The number of ketones is 1. The van der Waals surface area contributed by atoms with E-state index in [9.17, 15) is 9.18 Å². The van der Waals surface area contributed by atoms with Gasteiger partial charge in [0.25, 0.3) is 0 Å². The second-order valence-corrected chi connectivity index (χ2v) is 3.60. The Balaban J connectivity index is 2.21. The molecule has 0 aromatic heterocycles. The van der Waals surface area contributed by atoms with Crippen molar-refractivity contribution in [2.45, 2.75) is 6.04 Å². The van der Waals surface area contributed by atoms with Crippen LogP contribution in [-0.4, -0.2) is 18.4 Å². The minimum atomic E-state index is -0.524. The van der Waals surface area contributed by atoms with Crippen LogP contribution in [0.2, 0.25) is 5.02 Å². The molecule has 1 saturated heterocycles. The Bertz CT molecular complexity index is 393. The van der Waals surface area contributed by atoms with Crippen LogP contribution < -0.4 is 16.4 Å². The lowest BCUT2D eigenvalue weighted by Gasteiger charge is -2.07. The van der Waals surface area contributed by atoms with Crippen molar-refractivity contribution in [1.82, 2.24) is 16.4 Å². The van der Waals surface area contributed by atoms with Gasteiger partial charge in [-0.1, -0.05) is 11.6 Å². The minimum absolute atomic E-state index is 0.0419. The molecule has 0 aliphatic carbocycles. The zero-order valence-electron chi connectivity index (χ0n) is 7.68. The molecule has 6 heteroatoms. The molecule has 0 bridgehead atoms. The normalized spacial score (nSPS) is 20.5. The number of hydrogen-bond acceptors (Lipinski definition) is 4. The summed E-state index contributed by atoms with van der Waals surface area (Å²) in [4.78, 5) is 11.8. The molecular formula is C9H9ClFN3O. The molecule has 0 saturated carbocycles. The van der Waals surface area contributed by atoms with Crippen LogP contribution in [0.25, 0.3) is 0 Å². The van der Waals surface area contributed by atoms with E-state index in [1.165, 1.54) is 18.2 Å². The quantitative estimate of drug-likeness (QED) is 0.652. The summed E-state index contributed by atoms with van der Waals surface area (Å²) in [5, 5.41) is -0.0419. The lowest BCUT2D eigenvalue weighted by Crippen LogP contribution is -2.37. The summed E-state index contributed by atoms with van der Waals surface area (Å²) in [6.07, 6.45) is 0. The summed E-state index contributed by atoms with van der Waals surface area (Å²) in [7, 11) is 0. The van der Waals surface area contributed by atoms with Gasteiger partial charge in [-0.2, -0.15) is 5.53 Å². The van der Waals surface area contributed by atoms with Crippen molar-refractivity contribution in [3.8, 4) is 0 Å². The van der Waals surface area contributed by atoms with Gasteiger partial charge < -0.3 is 0 Å². The fourth-order valence-electron chi connectivity index (χ4n) is 1.35. The summed E-state index contributed by atoms with van der Waals surface area (Å²) < 4.78 is 12.9. The predicted molar refractivity (Wildman–Crippen MR) is 53.8 cm³/mol. The van der Waals surface area contributed by atoms with Crippen LogP contribution in [0.4, 0.5) is 4.39 Å². The first-order valence-corrected chi connectivity index (χ1v) is 4.79. The maximum absolute atomic E-state index is 12.9. The molecule has 4 nitrogen and oxygen atoms in total. The first-order chi connectivity index (χ1) is 7.18. The van der Waals surface area contributed by atoms with Gasteiger partial charge in [-0.15, -0.1) is 0 Å². The lowest BCUT2D eigenvalue weighted by molar-refractivity contribution is 0.0954. The van der Waals surface area contributed by atoms with E-state index in [-0.39, 0.29) is 16.8 Å². The number of halogens is 2. The maximum atomic E-state index is 12.9. The van der Waals surface area contributed by atoms with Gasteiger partial charge in [0.1, 0.15) is 5.82 Å². The number of benzene rings is 1. The van der Waals surface area contributed by atoms with Crippen molar-refractivity contribution < 1.29 is 9.18 Å². The summed E-state index contributed by atoms with van der Waals surface area (Å²) in [5.74, 6) is -0.654. The molecule has 0 spiro atoms. The SMILES string of the molecule is O=C(c1ccc(F)c(Cl)c1)C1CNNN1. The highest BCUT2D eigenvalue weighted by Crippen LogP contribution is 2.17. The average molecular weight is 230 g/mol. The van der Waals surface area contributed by atoms with Crippen molar-refractivity contribution in [3.05, 3.63) is 34.6 Å². The molecule has 15 heavy (non-hydrogen) atoms. The second-order valence-electron chi connectivity index (χ2n) is 3.20. The fraction of sp³-hybridized carbons (Fsp3) is 0.222. The van der Waals surface area contributed by atoms with Gasteiger partial charge >= 0.3 is 0 Å². The molecule has 2 rings (SSSR count). The van der Waals surface area contributed by atoms with Crippen LogP contribution in [0.5, 0.6) is 0 Å². The summed E-state index contributed by atoms with van der Waals surface area (Å²) in [5.41, 5.74) is 8.52. The molecule has 1 aromatic rings. The first-order valence-electron chi connectivity index (χ1n) is 4.41. The highest BCUT2D eigenvalue weighted by molar-refractivity contribution is 6.31. The van der Waals surface area contributed by atoms with E-state index >= 15 is 0 Å². The van der Waals surface area contributed by atoms with Crippen LogP contribution >= 0.6 is 11.6 Å². The molecule has 1 atom stereocenters. The zero-order chi connectivity index (χ0) is 10.8. The third kappa shape index (κ3) is 2.15. The van der Waals surface area contributed by atoms with Gasteiger partial charge in [0.15, 0.2) is 5.78 Å². The van der Waals surface area contributed by atoms with Gasteiger partial charge in [-0.05, 0) is 18.2 Å². The number of rotatable bonds is 2. The molecule has 3 N–H and O–H groups in total. The van der Waals surface area contributed by atoms with E-state index in [2.05, 4.69) is 16.4 Å².